The van der Waals surface area contributed by atoms with Crippen LogP contribution in [0.3, 0.4) is 0 Å². The quantitative estimate of drug-likeness (QED) is 0.730. The predicted octanol–water partition coefficient (Wildman–Crippen LogP) is 0.575. The second-order valence-corrected chi connectivity index (χ2v) is 3.46. The Kier molecular flexibility index (Phi) is 4.23. The molecule has 0 radical (unpaired) electrons. The van der Waals surface area contributed by atoms with Crippen molar-refractivity contribution in [1.29, 1.82) is 0 Å². The van der Waals surface area contributed by atoms with Gasteiger partial charge >= 0.3 is 0 Å². The van der Waals surface area contributed by atoms with E-state index in [1.807, 2.05) is 0 Å². The molecular formula is C12H13N3O2. The normalized spacial score (nSPS) is 9.06. The average molecular weight is 231 g/mol. The number of aryl methyl sites for hydroxylation is 1. The lowest BCUT2D eigenvalue weighted by molar-refractivity contribution is -0.117. The third-order valence-electron chi connectivity index (χ3n) is 1.88. The molecule has 1 aromatic rings. The number of rotatable bonds is 2. The summed E-state index contributed by atoms with van der Waals surface area (Å²) in [7, 11) is 0. The maximum atomic E-state index is 10.8. The van der Waals surface area contributed by atoms with E-state index in [1.54, 1.807) is 19.1 Å². The zero-order chi connectivity index (χ0) is 12.8. The van der Waals surface area contributed by atoms with Crippen molar-refractivity contribution in [2.45, 2.75) is 20.3 Å². The minimum atomic E-state index is -0.460. The Bertz CT molecular complexity index is 512. The third-order valence-corrected chi connectivity index (χ3v) is 1.88. The van der Waals surface area contributed by atoms with Crippen molar-refractivity contribution >= 4 is 17.6 Å². The zero-order valence-electron chi connectivity index (χ0n) is 9.70. The number of carbonyl (C=O) groups is 2. The van der Waals surface area contributed by atoms with Crippen molar-refractivity contribution in [3.05, 3.63) is 23.4 Å². The highest BCUT2D eigenvalue weighted by Crippen LogP contribution is 2.09. The Morgan fingerprint density at radius 2 is 2.18 bits per heavy atom. The summed E-state index contributed by atoms with van der Waals surface area (Å²) in [6.45, 7) is 3.19. The number of amides is 2. The second kappa shape index (κ2) is 5.66. The van der Waals surface area contributed by atoms with Gasteiger partial charge in [0.15, 0.2) is 0 Å². The molecule has 0 saturated carbocycles. The number of nitrogens with zero attached hydrogens (tertiary/aromatic N) is 1. The lowest BCUT2D eigenvalue weighted by Gasteiger charge is -2.03. The van der Waals surface area contributed by atoms with E-state index in [1.165, 1.54) is 6.92 Å². The van der Waals surface area contributed by atoms with Crippen molar-refractivity contribution in [1.82, 2.24) is 4.98 Å². The first-order chi connectivity index (χ1) is 7.99. The van der Waals surface area contributed by atoms with Crippen LogP contribution < -0.4 is 11.1 Å². The van der Waals surface area contributed by atoms with Gasteiger partial charge in [-0.05, 0) is 19.1 Å². The summed E-state index contributed by atoms with van der Waals surface area (Å²) in [4.78, 5) is 25.5. The highest BCUT2D eigenvalue weighted by atomic mass is 16.1. The van der Waals surface area contributed by atoms with Gasteiger partial charge < -0.3 is 11.1 Å². The molecule has 1 rings (SSSR count). The number of nitrogens with two attached hydrogens (primary N) is 1. The molecule has 0 aromatic carbocycles. The first-order valence-electron chi connectivity index (χ1n) is 5.01. The number of carbonyl (C=O) groups excluding carboxylic acids is 2. The minimum Gasteiger partial charge on any atom is -0.369 e. The molecule has 17 heavy (non-hydrogen) atoms. The van der Waals surface area contributed by atoms with Gasteiger partial charge in [-0.15, -0.1) is 0 Å². The molecule has 0 aliphatic carbocycles. The molecule has 0 saturated heterocycles. The third kappa shape index (κ3) is 4.34. The van der Waals surface area contributed by atoms with Gasteiger partial charge in [-0.3, -0.25) is 9.59 Å². The van der Waals surface area contributed by atoms with Crippen molar-refractivity contribution in [2.24, 2.45) is 5.73 Å². The summed E-state index contributed by atoms with van der Waals surface area (Å²) in [6.07, 6.45) is 0.0207. The Balaban J connectivity index is 2.85. The van der Waals surface area contributed by atoms with E-state index in [-0.39, 0.29) is 12.3 Å². The molecule has 0 spiro atoms. The molecule has 1 heterocycles. The van der Waals surface area contributed by atoms with Crippen LogP contribution in [0, 0.1) is 18.8 Å². The highest BCUT2D eigenvalue weighted by molar-refractivity contribution is 5.87. The van der Waals surface area contributed by atoms with Gasteiger partial charge in [0.2, 0.25) is 11.8 Å². The van der Waals surface area contributed by atoms with Gasteiger partial charge in [0.1, 0.15) is 5.82 Å². The van der Waals surface area contributed by atoms with Crippen LogP contribution in [0.5, 0.6) is 0 Å². The van der Waals surface area contributed by atoms with Crippen LogP contribution in [0.15, 0.2) is 12.1 Å². The summed E-state index contributed by atoms with van der Waals surface area (Å²) in [5, 5.41) is 2.57. The number of aromatic nitrogens is 1. The van der Waals surface area contributed by atoms with E-state index in [0.29, 0.717) is 17.1 Å². The van der Waals surface area contributed by atoms with Gasteiger partial charge in [-0.2, -0.15) is 0 Å². The van der Waals surface area contributed by atoms with Crippen LogP contribution in [0.2, 0.25) is 0 Å². The summed E-state index contributed by atoms with van der Waals surface area (Å²) >= 11 is 0. The lowest BCUT2D eigenvalue weighted by Crippen LogP contribution is -2.08. The monoisotopic (exact) mass is 231 g/mol. The first-order valence-corrected chi connectivity index (χ1v) is 5.01. The Morgan fingerprint density at radius 3 is 2.71 bits per heavy atom. The largest absolute Gasteiger partial charge is 0.369 e. The number of hydrogen-bond acceptors (Lipinski definition) is 3. The molecule has 3 N–H and O–H groups in total. The summed E-state index contributed by atoms with van der Waals surface area (Å²) in [6, 6.07) is 3.39. The molecular weight excluding hydrogens is 218 g/mol. The minimum absolute atomic E-state index is 0.0207. The predicted molar refractivity (Wildman–Crippen MR) is 64.0 cm³/mol. The van der Waals surface area contributed by atoms with E-state index < -0.39 is 5.91 Å². The molecule has 0 aliphatic heterocycles. The van der Waals surface area contributed by atoms with E-state index in [2.05, 4.69) is 22.1 Å². The number of pyridine rings is 1. The van der Waals surface area contributed by atoms with Gasteiger partial charge in [0, 0.05) is 12.5 Å². The standard InChI is InChI=1S/C12H13N3O2/c1-8-10(4-3-5-11(13)17)6-7-12(14-8)15-9(2)16/h6-7H,5H2,1-2H3,(H2,13,17)(H,14,15,16). The van der Waals surface area contributed by atoms with Crippen LogP contribution in [0.1, 0.15) is 24.6 Å². The highest BCUT2D eigenvalue weighted by Gasteiger charge is 2.00. The van der Waals surface area contributed by atoms with E-state index >= 15 is 0 Å². The molecule has 88 valence electrons. The molecule has 5 heteroatoms. The van der Waals surface area contributed by atoms with Crippen LogP contribution in [-0.4, -0.2) is 16.8 Å². The van der Waals surface area contributed by atoms with Crippen LogP contribution in [-0.2, 0) is 9.59 Å². The summed E-state index contributed by atoms with van der Waals surface area (Å²) < 4.78 is 0. The van der Waals surface area contributed by atoms with Crippen LogP contribution in [0.25, 0.3) is 0 Å². The van der Waals surface area contributed by atoms with Crippen LogP contribution in [0.4, 0.5) is 5.82 Å². The number of nitrogens with one attached hydrogen (secondary N) is 1. The fraction of sp³-hybridized carbons (Fsp3) is 0.250. The van der Waals surface area contributed by atoms with Crippen molar-refractivity contribution in [3.63, 3.8) is 0 Å². The van der Waals surface area contributed by atoms with E-state index in [9.17, 15) is 9.59 Å². The SMILES string of the molecule is CC(=O)Nc1ccc(C#CCC(N)=O)c(C)n1. The fourth-order valence-corrected chi connectivity index (χ4v) is 1.17. The fourth-order valence-electron chi connectivity index (χ4n) is 1.17. The van der Waals surface area contributed by atoms with Crippen molar-refractivity contribution in [3.8, 4) is 11.8 Å². The number of hydrogen-bond donors (Lipinski definition) is 2. The smallest absolute Gasteiger partial charge is 0.229 e. The first kappa shape index (κ1) is 12.7. The second-order valence-electron chi connectivity index (χ2n) is 3.46. The van der Waals surface area contributed by atoms with E-state index in [0.717, 1.165) is 0 Å². The van der Waals surface area contributed by atoms with Crippen molar-refractivity contribution in [2.75, 3.05) is 5.32 Å². The zero-order valence-corrected chi connectivity index (χ0v) is 9.70. The maximum Gasteiger partial charge on any atom is 0.229 e. The molecule has 0 fully saturated rings. The van der Waals surface area contributed by atoms with Gasteiger partial charge in [-0.1, -0.05) is 11.8 Å². The number of anilines is 1. The number of primary amides is 1. The average Bonchev–Trinajstić information content (AvgIpc) is 2.20. The van der Waals surface area contributed by atoms with Gasteiger partial charge in [-0.25, -0.2) is 4.98 Å². The molecule has 5 nitrogen and oxygen atoms in total. The Labute approximate surface area is 99.4 Å². The molecule has 0 unspecified atom stereocenters. The molecule has 2 amide bonds. The summed E-state index contributed by atoms with van der Waals surface area (Å²) in [5.41, 5.74) is 6.37. The maximum absolute atomic E-state index is 10.8. The Morgan fingerprint density at radius 1 is 1.47 bits per heavy atom. The molecule has 0 bridgehead atoms. The molecule has 0 aliphatic rings. The topological polar surface area (TPSA) is 85.1 Å². The lowest BCUT2D eigenvalue weighted by atomic mass is 10.2. The molecule has 0 atom stereocenters. The summed E-state index contributed by atoms with van der Waals surface area (Å²) in [5.74, 6) is 5.29. The Hall–Kier alpha value is -2.35. The van der Waals surface area contributed by atoms with Gasteiger partial charge in [0.05, 0.1) is 12.1 Å². The van der Waals surface area contributed by atoms with E-state index in [4.69, 9.17) is 5.73 Å². The molecule has 1 aromatic heterocycles. The van der Waals surface area contributed by atoms with Crippen LogP contribution >= 0.6 is 0 Å². The van der Waals surface area contributed by atoms with Gasteiger partial charge in [0.25, 0.3) is 0 Å². The van der Waals surface area contributed by atoms with Crippen molar-refractivity contribution < 1.29 is 9.59 Å².